The maximum atomic E-state index is 8.88. The average Bonchev–Trinajstić information content (AvgIpc) is 2.07. The third-order valence-electron chi connectivity index (χ3n) is 1.84. The van der Waals surface area contributed by atoms with Crippen LogP contribution in [0.25, 0.3) is 0 Å². The van der Waals surface area contributed by atoms with E-state index in [4.69, 9.17) is 5.26 Å². The molecule has 0 aliphatic rings. The molecule has 0 radical (unpaired) electrons. The summed E-state index contributed by atoms with van der Waals surface area (Å²) < 4.78 is 0. The zero-order valence-corrected chi connectivity index (χ0v) is 7.41. The standard InChI is InChI=1S/C10H12N2/c1-12(2)10(8-11)9-6-4-3-5-7-9/h3-7,10H,1-2H3/p+1/t10-/m0/s1. The van der Waals surface area contributed by atoms with Crippen molar-refractivity contribution in [3.8, 4) is 6.07 Å². The van der Waals surface area contributed by atoms with Crippen LogP contribution in [-0.4, -0.2) is 14.1 Å². The minimum atomic E-state index is -0.0498. The Labute approximate surface area is 73.0 Å². The van der Waals surface area contributed by atoms with Crippen LogP contribution in [0.5, 0.6) is 0 Å². The van der Waals surface area contributed by atoms with Gasteiger partial charge < -0.3 is 4.90 Å². The Balaban J connectivity index is 2.90. The number of nitrogens with one attached hydrogen (secondary N) is 1. The fraction of sp³-hybridized carbons (Fsp3) is 0.300. The van der Waals surface area contributed by atoms with Crippen molar-refractivity contribution in [3.63, 3.8) is 0 Å². The molecule has 2 heteroatoms. The molecule has 0 saturated heterocycles. The summed E-state index contributed by atoms with van der Waals surface area (Å²) in [5, 5.41) is 8.88. The van der Waals surface area contributed by atoms with Crippen molar-refractivity contribution in [1.29, 1.82) is 5.26 Å². The summed E-state index contributed by atoms with van der Waals surface area (Å²) in [6.45, 7) is 0. The highest BCUT2D eigenvalue weighted by atomic mass is 15.1. The first-order valence-electron chi connectivity index (χ1n) is 4.00. The van der Waals surface area contributed by atoms with Crippen LogP contribution in [0.15, 0.2) is 30.3 Å². The SMILES string of the molecule is C[NH+](C)[C@@H](C#N)c1ccccc1. The van der Waals surface area contributed by atoms with Crippen molar-refractivity contribution in [2.45, 2.75) is 6.04 Å². The lowest BCUT2D eigenvalue weighted by atomic mass is 10.1. The molecule has 62 valence electrons. The Morgan fingerprint density at radius 3 is 2.25 bits per heavy atom. The Kier molecular flexibility index (Phi) is 2.84. The van der Waals surface area contributed by atoms with Crippen LogP contribution in [0.4, 0.5) is 0 Å². The maximum absolute atomic E-state index is 8.88. The molecule has 0 spiro atoms. The second-order valence-electron chi connectivity index (χ2n) is 3.05. The van der Waals surface area contributed by atoms with E-state index >= 15 is 0 Å². The van der Waals surface area contributed by atoms with Gasteiger partial charge in [0.25, 0.3) is 0 Å². The van der Waals surface area contributed by atoms with Crippen molar-refractivity contribution in [3.05, 3.63) is 35.9 Å². The van der Waals surface area contributed by atoms with Crippen molar-refractivity contribution < 1.29 is 4.90 Å². The van der Waals surface area contributed by atoms with E-state index in [0.717, 1.165) is 10.5 Å². The van der Waals surface area contributed by atoms with Crippen LogP contribution in [0.1, 0.15) is 11.6 Å². The third kappa shape index (κ3) is 1.84. The van der Waals surface area contributed by atoms with Crippen LogP contribution >= 0.6 is 0 Å². The van der Waals surface area contributed by atoms with E-state index in [0.29, 0.717) is 0 Å². The second kappa shape index (κ2) is 3.89. The highest BCUT2D eigenvalue weighted by Gasteiger charge is 2.14. The minimum Gasteiger partial charge on any atom is -0.322 e. The van der Waals surface area contributed by atoms with E-state index < -0.39 is 0 Å². The van der Waals surface area contributed by atoms with Crippen molar-refractivity contribution >= 4 is 0 Å². The first-order chi connectivity index (χ1) is 5.75. The number of nitrogens with zero attached hydrogens (tertiary/aromatic N) is 1. The molecule has 12 heavy (non-hydrogen) atoms. The van der Waals surface area contributed by atoms with E-state index in [9.17, 15) is 0 Å². The molecular weight excluding hydrogens is 148 g/mol. The number of nitriles is 1. The lowest BCUT2D eigenvalue weighted by Gasteiger charge is -2.13. The van der Waals surface area contributed by atoms with Gasteiger partial charge in [-0.25, -0.2) is 0 Å². The van der Waals surface area contributed by atoms with Gasteiger partial charge in [0.05, 0.1) is 14.1 Å². The smallest absolute Gasteiger partial charge is 0.200 e. The zero-order chi connectivity index (χ0) is 8.97. The molecule has 0 unspecified atom stereocenters. The quantitative estimate of drug-likeness (QED) is 0.668. The number of rotatable bonds is 2. The molecule has 1 atom stereocenters. The molecule has 0 heterocycles. The molecule has 2 nitrogen and oxygen atoms in total. The molecule has 0 bridgehead atoms. The first kappa shape index (κ1) is 8.76. The summed E-state index contributed by atoms with van der Waals surface area (Å²) in [5.74, 6) is 0. The zero-order valence-electron chi connectivity index (χ0n) is 7.41. The summed E-state index contributed by atoms with van der Waals surface area (Å²) in [5.41, 5.74) is 1.08. The monoisotopic (exact) mass is 161 g/mol. The van der Waals surface area contributed by atoms with Gasteiger partial charge in [-0.2, -0.15) is 5.26 Å². The summed E-state index contributed by atoms with van der Waals surface area (Å²) in [6.07, 6.45) is 0. The van der Waals surface area contributed by atoms with Gasteiger partial charge in [0.15, 0.2) is 6.04 Å². The van der Waals surface area contributed by atoms with Gasteiger partial charge in [-0.1, -0.05) is 30.3 Å². The second-order valence-corrected chi connectivity index (χ2v) is 3.05. The van der Waals surface area contributed by atoms with E-state index in [-0.39, 0.29) is 6.04 Å². The Bertz CT molecular complexity index is 272. The number of hydrogen-bond acceptors (Lipinski definition) is 1. The van der Waals surface area contributed by atoms with E-state index in [2.05, 4.69) is 6.07 Å². The van der Waals surface area contributed by atoms with Gasteiger partial charge in [-0.15, -0.1) is 0 Å². The Hall–Kier alpha value is -1.33. The molecule has 1 aromatic rings. The summed E-state index contributed by atoms with van der Waals surface area (Å²) in [6, 6.07) is 12.1. The molecule has 1 N–H and O–H groups in total. The van der Waals surface area contributed by atoms with Crippen LogP contribution in [0, 0.1) is 11.3 Å². The van der Waals surface area contributed by atoms with Gasteiger partial charge in [0.1, 0.15) is 6.07 Å². The third-order valence-corrected chi connectivity index (χ3v) is 1.84. The van der Waals surface area contributed by atoms with Gasteiger partial charge in [-0.3, -0.25) is 0 Å². The maximum Gasteiger partial charge on any atom is 0.200 e. The van der Waals surface area contributed by atoms with Crippen LogP contribution in [-0.2, 0) is 0 Å². The molecule has 0 fully saturated rings. The van der Waals surface area contributed by atoms with Crippen LogP contribution in [0.2, 0.25) is 0 Å². The number of benzene rings is 1. The number of quaternary nitrogens is 1. The predicted octanol–water partition coefficient (Wildman–Crippen LogP) is 0.396. The van der Waals surface area contributed by atoms with E-state index in [1.807, 2.05) is 44.4 Å². The van der Waals surface area contributed by atoms with Crippen molar-refractivity contribution in [2.24, 2.45) is 0 Å². The van der Waals surface area contributed by atoms with Crippen LogP contribution in [0.3, 0.4) is 0 Å². The Morgan fingerprint density at radius 2 is 1.83 bits per heavy atom. The van der Waals surface area contributed by atoms with Gasteiger partial charge in [-0.05, 0) is 0 Å². The average molecular weight is 161 g/mol. The lowest BCUT2D eigenvalue weighted by Crippen LogP contribution is -3.06. The minimum absolute atomic E-state index is 0.0498. The Morgan fingerprint density at radius 1 is 1.25 bits per heavy atom. The molecule has 0 aromatic heterocycles. The molecule has 0 saturated carbocycles. The lowest BCUT2D eigenvalue weighted by molar-refractivity contribution is -0.882. The largest absolute Gasteiger partial charge is 0.322 e. The topological polar surface area (TPSA) is 28.2 Å². The van der Waals surface area contributed by atoms with E-state index in [1.165, 1.54) is 0 Å². The van der Waals surface area contributed by atoms with Gasteiger partial charge in [0.2, 0.25) is 0 Å². The fourth-order valence-electron chi connectivity index (χ4n) is 1.18. The highest BCUT2D eigenvalue weighted by Crippen LogP contribution is 2.06. The van der Waals surface area contributed by atoms with Crippen LogP contribution < -0.4 is 4.90 Å². The summed E-state index contributed by atoms with van der Waals surface area (Å²) in [7, 11) is 3.97. The predicted molar refractivity (Wildman–Crippen MR) is 47.6 cm³/mol. The van der Waals surface area contributed by atoms with Gasteiger partial charge >= 0.3 is 0 Å². The molecule has 1 aromatic carbocycles. The molecule has 0 aliphatic heterocycles. The highest BCUT2D eigenvalue weighted by molar-refractivity contribution is 5.21. The normalized spacial score (nSPS) is 12.5. The molecular formula is C10H13N2+. The van der Waals surface area contributed by atoms with Crippen molar-refractivity contribution in [2.75, 3.05) is 14.1 Å². The molecule has 1 rings (SSSR count). The van der Waals surface area contributed by atoms with Gasteiger partial charge in [0, 0.05) is 5.56 Å². The van der Waals surface area contributed by atoms with E-state index in [1.54, 1.807) is 0 Å². The number of hydrogen-bond donors (Lipinski definition) is 1. The molecule has 0 aliphatic carbocycles. The summed E-state index contributed by atoms with van der Waals surface area (Å²) >= 11 is 0. The van der Waals surface area contributed by atoms with Crippen molar-refractivity contribution in [1.82, 2.24) is 0 Å². The fourth-order valence-corrected chi connectivity index (χ4v) is 1.18. The first-order valence-corrected chi connectivity index (χ1v) is 4.00. The molecule has 0 amide bonds. The summed E-state index contributed by atoms with van der Waals surface area (Å²) in [4.78, 5) is 1.14.